The number of carbonyl (C=O) groups is 1. The molecule has 0 saturated carbocycles. The summed E-state index contributed by atoms with van der Waals surface area (Å²) in [6, 6.07) is 16.6. The molecule has 0 spiro atoms. The van der Waals surface area contributed by atoms with E-state index in [1.165, 1.54) is 11.3 Å². The van der Waals surface area contributed by atoms with Gasteiger partial charge in [-0.3, -0.25) is 9.69 Å². The molecule has 5 rings (SSSR count). The highest BCUT2D eigenvalue weighted by Crippen LogP contribution is 2.34. The molecule has 0 radical (unpaired) electrons. The molecule has 1 amide bonds. The Hall–Kier alpha value is -3.78. The third-order valence-electron chi connectivity index (χ3n) is 4.97. The van der Waals surface area contributed by atoms with Gasteiger partial charge in [-0.25, -0.2) is 4.98 Å². The topological polar surface area (TPSA) is 77.9 Å². The van der Waals surface area contributed by atoms with Crippen molar-refractivity contribution in [1.82, 2.24) is 4.98 Å². The van der Waals surface area contributed by atoms with E-state index in [9.17, 15) is 4.79 Å². The van der Waals surface area contributed by atoms with Crippen LogP contribution in [0.25, 0.3) is 21.2 Å². The Morgan fingerprint density at radius 1 is 1.16 bits per heavy atom. The fraction of sp³-hybridized carbons (Fsp3) is 0.167. The number of anilines is 1. The first-order chi connectivity index (χ1) is 15.7. The molecule has 3 aromatic heterocycles. The maximum absolute atomic E-state index is 13.6. The molecule has 0 saturated heterocycles. The number of fused-ring (bicyclic) bond motifs is 2. The number of amides is 1. The number of nitrogens with zero attached hydrogens (tertiary/aromatic N) is 2. The van der Waals surface area contributed by atoms with E-state index in [1.807, 2.05) is 49.4 Å². The maximum Gasteiger partial charge on any atom is 0.296 e. The summed E-state index contributed by atoms with van der Waals surface area (Å²) in [4.78, 5) is 19.9. The maximum atomic E-state index is 13.6. The van der Waals surface area contributed by atoms with Crippen LogP contribution in [0.2, 0.25) is 0 Å². The molecule has 0 unspecified atom stereocenters. The number of thiazole rings is 1. The molecule has 5 aromatic rings. The van der Waals surface area contributed by atoms with Crippen molar-refractivity contribution in [2.45, 2.75) is 13.5 Å². The molecule has 0 aliphatic carbocycles. The van der Waals surface area contributed by atoms with Gasteiger partial charge in [0.05, 0.1) is 36.7 Å². The van der Waals surface area contributed by atoms with E-state index in [2.05, 4.69) is 4.98 Å². The third kappa shape index (κ3) is 3.69. The lowest BCUT2D eigenvalue weighted by molar-refractivity contribution is 0.0958. The summed E-state index contributed by atoms with van der Waals surface area (Å²) >= 11 is 1.42. The molecule has 32 heavy (non-hydrogen) atoms. The normalized spacial score (nSPS) is 11.2. The van der Waals surface area contributed by atoms with E-state index < -0.39 is 0 Å². The van der Waals surface area contributed by atoms with Gasteiger partial charge in [0.25, 0.3) is 5.91 Å². The summed E-state index contributed by atoms with van der Waals surface area (Å²) in [6.45, 7) is 2.63. The first kappa shape index (κ1) is 20.1. The molecule has 162 valence electrons. The summed E-state index contributed by atoms with van der Waals surface area (Å²) in [5.74, 6) is 1.84. The molecule has 2 aromatic carbocycles. The molecule has 8 heteroatoms. The van der Waals surface area contributed by atoms with Crippen molar-refractivity contribution in [3.63, 3.8) is 0 Å². The van der Waals surface area contributed by atoms with Crippen molar-refractivity contribution in [2.75, 3.05) is 18.6 Å². The lowest BCUT2D eigenvalue weighted by atomic mass is 10.2. The molecular weight excluding hydrogens is 428 g/mol. The van der Waals surface area contributed by atoms with Gasteiger partial charge in [-0.1, -0.05) is 23.5 Å². The van der Waals surface area contributed by atoms with E-state index in [-0.39, 0.29) is 18.2 Å². The zero-order valence-corrected chi connectivity index (χ0v) is 18.3. The minimum atomic E-state index is -0.314. The van der Waals surface area contributed by atoms with Crippen LogP contribution in [-0.4, -0.2) is 24.6 Å². The molecule has 0 bridgehead atoms. The van der Waals surface area contributed by atoms with Gasteiger partial charge in [0.15, 0.2) is 22.2 Å². The van der Waals surface area contributed by atoms with Crippen LogP contribution >= 0.6 is 11.3 Å². The average Bonchev–Trinajstić information content (AvgIpc) is 3.56. The average molecular weight is 449 g/mol. The van der Waals surface area contributed by atoms with Gasteiger partial charge in [-0.15, -0.1) is 0 Å². The Bertz CT molecular complexity index is 1390. The lowest BCUT2D eigenvalue weighted by Gasteiger charge is -2.17. The number of rotatable bonds is 7. The highest BCUT2D eigenvalue weighted by atomic mass is 32.1. The van der Waals surface area contributed by atoms with Crippen molar-refractivity contribution >= 4 is 43.6 Å². The second-order valence-corrected chi connectivity index (χ2v) is 8.03. The Labute approximate surface area is 187 Å². The zero-order valence-electron chi connectivity index (χ0n) is 17.5. The highest BCUT2D eigenvalue weighted by molar-refractivity contribution is 7.22. The number of aromatic nitrogens is 1. The van der Waals surface area contributed by atoms with Crippen molar-refractivity contribution in [3.05, 3.63) is 72.4 Å². The SMILES string of the molecule is CCOc1cccc2cc(C(=O)N(Cc3ccco3)c3nc4cc(OC)ccc4s3)oc12. The summed E-state index contributed by atoms with van der Waals surface area (Å²) in [6.07, 6.45) is 1.58. The van der Waals surface area contributed by atoms with E-state index in [1.54, 1.807) is 30.4 Å². The van der Waals surface area contributed by atoms with Crippen LogP contribution in [0.15, 0.2) is 69.7 Å². The summed E-state index contributed by atoms with van der Waals surface area (Å²) in [5.41, 5.74) is 1.30. The minimum absolute atomic E-state index is 0.204. The molecule has 3 heterocycles. The van der Waals surface area contributed by atoms with Gasteiger partial charge >= 0.3 is 0 Å². The van der Waals surface area contributed by atoms with Crippen LogP contribution in [0.4, 0.5) is 5.13 Å². The van der Waals surface area contributed by atoms with Gasteiger partial charge in [0.2, 0.25) is 0 Å². The zero-order chi connectivity index (χ0) is 22.1. The number of furan rings is 2. The number of para-hydroxylation sites is 1. The van der Waals surface area contributed by atoms with E-state index in [4.69, 9.17) is 18.3 Å². The Kier molecular flexibility index (Phi) is 5.28. The number of hydrogen-bond donors (Lipinski definition) is 0. The minimum Gasteiger partial charge on any atom is -0.497 e. The Balaban J connectivity index is 1.57. The summed E-state index contributed by atoms with van der Waals surface area (Å²) < 4.78 is 23.4. The Morgan fingerprint density at radius 2 is 2.06 bits per heavy atom. The quantitative estimate of drug-likeness (QED) is 0.309. The van der Waals surface area contributed by atoms with Gasteiger partial charge in [-0.2, -0.15) is 0 Å². The first-order valence-electron chi connectivity index (χ1n) is 10.1. The number of methoxy groups -OCH3 is 1. The molecule has 0 aliphatic rings. The second kappa shape index (κ2) is 8.39. The standard InChI is InChI=1S/C24H20N2O5S/c1-3-29-19-8-4-6-15-12-20(31-22(15)19)23(27)26(14-17-7-5-11-30-17)24-25-18-13-16(28-2)9-10-21(18)32-24/h4-13H,3,14H2,1-2H3. The summed E-state index contributed by atoms with van der Waals surface area (Å²) in [5, 5.41) is 1.34. The number of benzene rings is 2. The van der Waals surface area contributed by atoms with Crippen LogP contribution in [0.5, 0.6) is 11.5 Å². The predicted octanol–water partition coefficient (Wildman–Crippen LogP) is 5.89. The van der Waals surface area contributed by atoms with Crippen LogP contribution in [0.3, 0.4) is 0 Å². The summed E-state index contributed by atoms with van der Waals surface area (Å²) in [7, 11) is 1.61. The third-order valence-corrected chi connectivity index (χ3v) is 6.03. The number of hydrogen-bond acceptors (Lipinski definition) is 7. The molecule has 0 N–H and O–H groups in total. The van der Waals surface area contributed by atoms with E-state index in [0.717, 1.165) is 15.6 Å². The van der Waals surface area contributed by atoms with Gasteiger partial charge in [0, 0.05) is 11.5 Å². The fourth-order valence-corrected chi connectivity index (χ4v) is 4.41. The van der Waals surface area contributed by atoms with Crippen LogP contribution in [-0.2, 0) is 6.54 Å². The number of ether oxygens (including phenoxy) is 2. The van der Waals surface area contributed by atoms with Crippen LogP contribution < -0.4 is 14.4 Å². The predicted molar refractivity (Wildman–Crippen MR) is 123 cm³/mol. The van der Waals surface area contributed by atoms with Gasteiger partial charge < -0.3 is 18.3 Å². The molecule has 0 fully saturated rings. The lowest BCUT2D eigenvalue weighted by Crippen LogP contribution is -2.29. The largest absolute Gasteiger partial charge is 0.497 e. The second-order valence-electron chi connectivity index (χ2n) is 7.02. The van der Waals surface area contributed by atoms with E-state index in [0.29, 0.717) is 34.6 Å². The highest BCUT2D eigenvalue weighted by Gasteiger charge is 2.26. The molecule has 0 aliphatic heterocycles. The smallest absolute Gasteiger partial charge is 0.296 e. The van der Waals surface area contributed by atoms with Crippen LogP contribution in [0, 0.1) is 0 Å². The number of carbonyl (C=O) groups excluding carboxylic acids is 1. The fourth-order valence-electron chi connectivity index (χ4n) is 3.47. The molecular formula is C24H20N2O5S. The van der Waals surface area contributed by atoms with Crippen LogP contribution in [0.1, 0.15) is 23.2 Å². The Morgan fingerprint density at radius 3 is 2.84 bits per heavy atom. The monoisotopic (exact) mass is 448 g/mol. The first-order valence-corrected chi connectivity index (χ1v) is 10.9. The van der Waals surface area contributed by atoms with Crippen molar-refractivity contribution in [2.24, 2.45) is 0 Å². The van der Waals surface area contributed by atoms with Crippen molar-refractivity contribution in [3.8, 4) is 11.5 Å². The van der Waals surface area contributed by atoms with Crippen molar-refractivity contribution < 1.29 is 23.1 Å². The van der Waals surface area contributed by atoms with Gasteiger partial charge in [0.1, 0.15) is 11.5 Å². The van der Waals surface area contributed by atoms with Crippen molar-refractivity contribution in [1.29, 1.82) is 0 Å². The molecule has 0 atom stereocenters. The van der Waals surface area contributed by atoms with Gasteiger partial charge in [-0.05, 0) is 43.3 Å². The van der Waals surface area contributed by atoms with E-state index >= 15 is 0 Å². The molecule has 7 nitrogen and oxygen atoms in total.